The lowest BCUT2D eigenvalue weighted by molar-refractivity contribution is -0.115. The summed E-state index contributed by atoms with van der Waals surface area (Å²) in [4.78, 5) is 15.8. The van der Waals surface area contributed by atoms with Crippen molar-refractivity contribution in [3.8, 4) is 11.1 Å². The Morgan fingerprint density at radius 2 is 2.19 bits per heavy atom. The number of anilines is 1. The molecular weight excluding hydrogens is 344 g/mol. The molecule has 26 heavy (non-hydrogen) atoms. The van der Waals surface area contributed by atoms with Gasteiger partial charge in [-0.05, 0) is 34.5 Å². The van der Waals surface area contributed by atoms with Crippen molar-refractivity contribution in [2.45, 2.75) is 0 Å². The molecule has 0 saturated heterocycles. The third-order valence-electron chi connectivity index (χ3n) is 4.51. The third kappa shape index (κ3) is 2.64. The summed E-state index contributed by atoms with van der Waals surface area (Å²) in [6.07, 6.45) is 7.03. The van der Waals surface area contributed by atoms with Gasteiger partial charge in [-0.1, -0.05) is 12.1 Å². The number of aromatic nitrogens is 2. The summed E-state index contributed by atoms with van der Waals surface area (Å²) in [5.74, 6) is 0.348. The maximum atomic E-state index is 11.5. The van der Waals surface area contributed by atoms with Crippen molar-refractivity contribution < 1.29 is 4.79 Å². The highest BCUT2D eigenvalue weighted by Crippen LogP contribution is 2.39. The van der Waals surface area contributed by atoms with Gasteiger partial charge in [0.25, 0.3) is 0 Å². The first-order valence-electron chi connectivity index (χ1n) is 8.19. The molecule has 4 rings (SSSR count). The van der Waals surface area contributed by atoms with E-state index < -0.39 is 0 Å². The van der Waals surface area contributed by atoms with Crippen LogP contribution in [0.5, 0.6) is 0 Å². The number of hydrogen-bond donors (Lipinski definition) is 2. The molecule has 0 radical (unpaired) electrons. The minimum atomic E-state index is -0.152. The Bertz CT molecular complexity index is 1170. The van der Waals surface area contributed by atoms with Crippen molar-refractivity contribution in [3.63, 3.8) is 0 Å². The van der Waals surface area contributed by atoms with E-state index >= 15 is 0 Å². The fourth-order valence-electron chi connectivity index (χ4n) is 3.10. The number of hydrogen-bond acceptors (Lipinski definition) is 4. The van der Waals surface area contributed by atoms with Crippen LogP contribution in [-0.4, -0.2) is 22.5 Å². The molecule has 3 heterocycles. The Hall–Kier alpha value is -3.12. The van der Waals surface area contributed by atoms with Gasteiger partial charge in [-0.2, -0.15) is 0 Å². The number of nitrogen functional groups attached to an aromatic ring is 1. The van der Waals surface area contributed by atoms with Crippen LogP contribution in [0.1, 0.15) is 5.56 Å². The van der Waals surface area contributed by atoms with Gasteiger partial charge < -0.3 is 15.6 Å². The lowest BCUT2D eigenvalue weighted by Gasteiger charge is -2.05. The van der Waals surface area contributed by atoms with Gasteiger partial charge in [0.2, 0.25) is 5.91 Å². The standard InChI is InChI=1S/C20H18N4OS/c1-22-17(25)6-5-14-10-23-20(21)18-15(11-26-19(14)18)13-4-3-12-7-8-24(2)16(12)9-13/h3-11H,1-2H3,(H2,21,23)(H,22,25)/b6-5+. The maximum Gasteiger partial charge on any atom is 0.243 e. The zero-order chi connectivity index (χ0) is 18.3. The SMILES string of the molecule is CNC(=O)/C=C/c1cnc(N)c2c(-c3ccc4ccn(C)c4c3)csc12. The molecule has 0 saturated carbocycles. The molecule has 0 aliphatic heterocycles. The van der Waals surface area contributed by atoms with E-state index in [0.717, 1.165) is 26.8 Å². The van der Waals surface area contributed by atoms with Gasteiger partial charge in [-0.25, -0.2) is 4.98 Å². The first-order chi connectivity index (χ1) is 12.6. The van der Waals surface area contributed by atoms with Gasteiger partial charge in [0.15, 0.2) is 0 Å². The molecular formula is C20H18N4OS. The molecule has 5 nitrogen and oxygen atoms in total. The number of thiophene rings is 1. The van der Waals surface area contributed by atoms with E-state index in [2.05, 4.69) is 50.7 Å². The monoisotopic (exact) mass is 362 g/mol. The summed E-state index contributed by atoms with van der Waals surface area (Å²) >= 11 is 1.61. The highest BCUT2D eigenvalue weighted by Gasteiger charge is 2.14. The largest absolute Gasteiger partial charge is 0.383 e. The number of aryl methyl sites for hydroxylation is 1. The van der Waals surface area contributed by atoms with Gasteiger partial charge in [0.05, 0.1) is 0 Å². The molecule has 0 atom stereocenters. The van der Waals surface area contributed by atoms with E-state index in [1.807, 2.05) is 7.05 Å². The summed E-state index contributed by atoms with van der Waals surface area (Å²) in [5.41, 5.74) is 10.4. The van der Waals surface area contributed by atoms with Gasteiger partial charge in [-0.15, -0.1) is 11.3 Å². The van der Waals surface area contributed by atoms with Crippen LogP contribution >= 0.6 is 11.3 Å². The van der Waals surface area contributed by atoms with Crippen LogP contribution in [0, 0.1) is 0 Å². The number of amides is 1. The molecule has 1 amide bonds. The molecule has 4 aromatic rings. The second-order valence-electron chi connectivity index (χ2n) is 6.10. The highest BCUT2D eigenvalue weighted by molar-refractivity contribution is 7.18. The zero-order valence-corrected chi connectivity index (χ0v) is 15.3. The average molecular weight is 362 g/mol. The van der Waals surface area contributed by atoms with E-state index in [0.29, 0.717) is 5.82 Å². The van der Waals surface area contributed by atoms with Crippen LogP contribution in [0.25, 0.3) is 38.2 Å². The number of rotatable bonds is 3. The second kappa shape index (κ2) is 6.31. The quantitative estimate of drug-likeness (QED) is 0.545. The van der Waals surface area contributed by atoms with Crippen LogP contribution in [0.15, 0.2) is 48.1 Å². The first-order valence-corrected chi connectivity index (χ1v) is 9.07. The van der Waals surface area contributed by atoms with Gasteiger partial charge in [-0.3, -0.25) is 4.79 Å². The minimum Gasteiger partial charge on any atom is -0.383 e. The molecule has 0 unspecified atom stereocenters. The maximum absolute atomic E-state index is 11.5. The Balaban J connectivity index is 1.89. The molecule has 0 bridgehead atoms. The summed E-state index contributed by atoms with van der Waals surface area (Å²) in [6, 6.07) is 8.50. The van der Waals surface area contributed by atoms with Crippen molar-refractivity contribution in [1.82, 2.24) is 14.9 Å². The number of benzene rings is 1. The van der Waals surface area contributed by atoms with Crippen molar-refractivity contribution in [2.24, 2.45) is 7.05 Å². The Morgan fingerprint density at radius 1 is 1.35 bits per heavy atom. The summed E-state index contributed by atoms with van der Waals surface area (Å²) in [5, 5.41) is 6.81. The number of fused-ring (bicyclic) bond motifs is 2. The van der Waals surface area contributed by atoms with Gasteiger partial charge in [0.1, 0.15) is 5.82 Å². The van der Waals surface area contributed by atoms with Gasteiger partial charge >= 0.3 is 0 Å². The number of carbonyl (C=O) groups is 1. The number of pyridine rings is 1. The van der Waals surface area contributed by atoms with E-state index in [1.54, 1.807) is 30.7 Å². The summed E-state index contributed by atoms with van der Waals surface area (Å²) in [7, 11) is 3.64. The predicted octanol–water partition coefficient (Wildman–Crippen LogP) is 3.80. The smallest absolute Gasteiger partial charge is 0.243 e. The van der Waals surface area contributed by atoms with Crippen LogP contribution < -0.4 is 11.1 Å². The lowest BCUT2D eigenvalue weighted by Crippen LogP contribution is -2.13. The molecule has 6 heteroatoms. The Labute approximate surface area is 154 Å². The average Bonchev–Trinajstić information content (AvgIpc) is 3.26. The fraction of sp³-hybridized carbons (Fsp3) is 0.100. The van der Waals surface area contributed by atoms with Crippen molar-refractivity contribution in [1.29, 1.82) is 0 Å². The fourth-order valence-corrected chi connectivity index (χ4v) is 4.18. The predicted molar refractivity (Wildman–Crippen MR) is 109 cm³/mol. The second-order valence-corrected chi connectivity index (χ2v) is 6.98. The van der Waals surface area contributed by atoms with Crippen molar-refractivity contribution >= 4 is 50.1 Å². The zero-order valence-electron chi connectivity index (χ0n) is 14.5. The number of nitrogens with two attached hydrogens (primary N) is 1. The molecule has 3 aromatic heterocycles. The highest BCUT2D eigenvalue weighted by atomic mass is 32.1. The molecule has 0 aliphatic rings. The normalized spacial score (nSPS) is 11.6. The van der Waals surface area contributed by atoms with E-state index in [1.165, 1.54) is 17.0 Å². The molecule has 1 aromatic carbocycles. The minimum absolute atomic E-state index is 0.152. The first kappa shape index (κ1) is 16.4. The van der Waals surface area contributed by atoms with Crippen LogP contribution in [0.4, 0.5) is 5.82 Å². The third-order valence-corrected chi connectivity index (χ3v) is 5.54. The molecule has 3 N–H and O–H groups in total. The summed E-state index contributed by atoms with van der Waals surface area (Å²) < 4.78 is 3.13. The van der Waals surface area contributed by atoms with E-state index in [4.69, 9.17) is 5.73 Å². The molecule has 130 valence electrons. The topological polar surface area (TPSA) is 72.9 Å². The van der Waals surface area contributed by atoms with Crippen LogP contribution in [0.2, 0.25) is 0 Å². The van der Waals surface area contributed by atoms with Gasteiger partial charge in [0, 0.05) is 59.3 Å². The number of carbonyl (C=O) groups excluding carboxylic acids is 1. The molecule has 0 aliphatic carbocycles. The van der Waals surface area contributed by atoms with E-state index in [9.17, 15) is 4.79 Å². The van der Waals surface area contributed by atoms with Crippen LogP contribution in [0.3, 0.4) is 0 Å². The number of nitrogens with zero attached hydrogens (tertiary/aromatic N) is 2. The van der Waals surface area contributed by atoms with Crippen molar-refractivity contribution in [3.05, 3.63) is 53.7 Å². The Morgan fingerprint density at radius 3 is 3.00 bits per heavy atom. The lowest BCUT2D eigenvalue weighted by atomic mass is 10.0. The molecule has 0 fully saturated rings. The summed E-state index contributed by atoms with van der Waals surface area (Å²) in [6.45, 7) is 0. The van der Waals surface area contributed by atoms with Crippen molar-refractivity contribution in [2.75, 3.05) is 12.8 Å². The van der Waals surface area contributed by atoms with Crippen LogP contribution in [-0.2, 0) is 11.8 Å². The van der Waals surface area contributed by atoms with E-state index in [-0.39, 0.29) is 5.91 Å². The Kier molecular flexibility index (Phi) is 3.97. The molecule has 0 spiro atoms. The number of likely N-dealkylation sites (N-methyl/N-ethyl adjacent to an activating group) is 1. The number of nitrogens with one attached hydrogen (secondary N) is 1.